The molecule has 2 saturated heterocycles. The van der Waals surface area contributed by atoms with Crippen LogP contribution < -0.4 is 0 Å². The maximum Gasteiger partial charge on any atom is 0.255 e. The first kappa shape index (κ1) is 16.9. The zero-order chi connectivity index (χ0) is 16.6. The molecule has 3 rings (SSSR count). The highest BCUT2D eigenvalue weighted by atomic mass is 32.2. The molecule has 0 saturated carbocycles. The van der Waals surface area contributed by atoms with E-state index in [4.69, 9.17) is 4.74 Å². The van der Waals surface area contributed by atoms with Gasteiger partial charge in [-0.25, -0.2) is 8.42 Å². The Morgan fingerprint density at radius 3 is 2.70 bits per heavy atom. The Morgan fingerprint density at radius 1 is 1.39 bits per heavy atom. The van der Waals surface area contributed by atoms with Crippen molar-refractivity contribution >= 4 is 27.1 Å². The Hall–Kier alpha value is -0.920. The highest BCUT2D eigenvalue weighted by Gasteiger charge is 2.37. The minimum Gasteiger partial charge on any atom is -0.376 e. The molecule has 2 fully saturated rings. The lowest BCUT2D eigenvalue weighted by Crippen LogP contribution is -2.45. The monoisotopic (exact) mass is 357 g/mol. The molecule has 0 aliphatic carbocycles. The van der Waals surface area contributed by atoms with Crippen molar-refractivity contribution < 1.29 is 17.9 Å². The summed E-state index contributed by atoms with van der Waals surface area (Å²) in [5.41, 5.74) is 0.704. The third kappa shape index (κ3) is 3.78. The van der Waals surface area contributed by atoms with E-state index in [0.717, 1.165) is 29.2 Å². The number of carbonyl (C=O) groups is 1. The molecule has 2 aliphatic rings. The lowest BCUT2D eigenvalue weighted by atomic mass is 10.1. The zero-order valence-corrected chi connectivity index (χ0v) is 15.2. The molecule has 5 nitrogen and oxygen atoms in total. The summed E-state index contributed by atoms with van der Waals surface area (Å²) >= 11 is 1.60. The van der Waals surface area contributed by atoms with Gasteiger partial charge in [0.15, 0.2) is 9.84 Å². The SMILES string of the molecule is Cc1cc(C(=O)N(CC2CCCO2)C2CCS(=O)(=O)C2)c(C)s1. The normalized spacial score (nSPS) is 26.5. The van der Waals surface area contributed by atoms with Crippen LogP contribution in [0.25, 0.3) is 0 Å². The Bertz CT molecular complexity index is 689. The zero-order valence-electron chi connectivity index (χ0n) is 13.6. The first-order valence-electron chi connectivity index (χ1n) is 8.06. The molecule has 0 spiro atoms. The van der Waals surface area contributed by atoms with Gasteiger partial charge < -0.3 is 9.64 Å². The summed E-state index contributed by atoms with van der Waals surface area (Å²) in [6.45, 7) is 5.15. The highest BCUT2D eigenvalue weighted by molar-refractivity contribution is 7.91. The molecule has 0 aromatic carbocycles. The number of hydrogen-bond donors (Lipinski definition) is 0. The lowest BCUT2D eigenvalue weighted by molar-refractivity contribution is 0.0441. The number of amides is 1. The molecule has 128 valence electrons. The number of nitrogens with zero attached hydrogens (tertiary/aromatic N) is 1. The molecule has 1 amide bonds. The van der Waals surface area contributed by atoms with Gasteiger partial charge in [-0.1, -0.05) is 0 Å². The molecule has 2 aliphatic heterocycles. The van der Waals surface area contributed by atoms with Crippen molar-refractivity contribution in [1.82, 2.24) is 4.90 Å². The number of thiophene rings is 1. The van der Waals surface area contributed by atoms with Crippen molar-refractivity contribution in [2.75, 3.05) is 24.7 Å². The number of rotatable bonds is 4. The van der Waals surface area contributed by atoms with Crippen molar-refractivity contribution in [3.05, 3.63) is 21.4 Å². The molecule has 3 heterocycles. The van der Waals surface area contributed by atoms with Crippen LogP contribution >= 0.6 is 11.3 Å². The second-order valence-electron chi connectivity index (χ2n) is 6.48. The van der Waals surface area contributed by atoms with E-state index in [0.29, 0.717) is 18.5 Å². The van der Waals surface area contributed by atoms with E-state index in [1.54, 1.807) is 16.2 Å². The molecule has 2 atom stereocenters. The smallest absolute Gasteiger partial charge is 0.255 e. The minimum atomic E-state index is -3.03. The quantitative estimate of drug-likeness (QED) is 0.828. The third-order valence-corrected chi connectivity index (χ3v) is 7.32. The van der Waals surface area contributed by atoms with Crippen molar-refractivity contribution in [2.45, 2.75) is 45.3 Å². The van der Waals surface area contributed by atoms with Gasteiger partial charge in [-0.15, -0.1) is 11.3 Å². The van der Waals surface area contributed by atoms with Crippen LogP contribution in [0.5, 0.6) is 0 Å². The van der Waals surface area contributed by atoms with Gasteiger partial charge in [0, 0.05) is 28.9 Å². The summed E-state index contributed by atoms with van der Waals surface area (Å²) in [6, 6.07) is 1.69. The summed E-state index contributed by atoms with van der Waals surface area (Å²) in [5, 5.41) is 0. The van der Waals surface area contributed by atoms with Crippen molar-refractivity contribution in [2.24, 2.45) is 0 Å². The molecular formula is C16H23NO4S2. The summed E-state index contributed by atoms with van der Waals surface area (Å²) < 4.78 is 29.4. The van der Waals surface area contributed by atoms with Crippen LogP contribution in [0, 0.1) is 13.8 Å². The standard InChI is InChI=1S/C16H23NO4S2/c1-11-8-15(12(2)22-11)16(18)17(9-14-4-3-6-21-14)13-5-7-23(19,20)10-13/h8,13-14H,3-7,9-10H2,1-2H3. The van der Waals surface area contributed by atoms with Gasteiger partial charge in [-0.3, -0.25) is 4.79 Å². The van der Waals surface area contributed by atoms with Crippen LogP contribution in [0.1, 0.15) is 39.4 Å². The van der Waals surface area contributed by atoms with Gasteiger partial charge in [-0.05, 0) is 39.2 Å². The Kier molecular flexibility index (Phi) is 4.80. The van der Waals surface area contributed by atoms with Crippen LogP contribution in [0.15, 0.2) is 6.07 Å². The van der Waals surface area contributed by atoms with E-state index >= 15 is 0 Å². The first-order chi connectivity index (χ1) is 10.9. The average Bonchev–Trinajstić information content (AvgIpc) is 3.17. The van der Waals surface area contributed by atoms with Crippen molar-refractivity contribution in [1.29, 1.82) is 0 Å². The van der Waals surface area contributed by atoms with Crippen LogP contribution in [-0.4, -0.2) is 56.0 Å². The number of hydrogen-bond acceptors (Lipinski definition) is 5. The Labute approximate surface area is 141 Å². The van der Waals surface area contributed by atoms with E-state index < -0.39 is 9.84 Å². The van der Waals surface area contributed by atoms with E-state index in [2.05, 4.69) is 0 Å². The fourth-order valence-corrected chi connectivity index (χ4v) is 6.07. The molecule has 0 bridgehead atoms. The average molecular weight is 357 g/mol. The summed E-state index contributed by atoms with van der Waals surface area (Å²) in [7, 11) is -3.03. The Balaban J connectivity index is 1.84. The molecule has 7 heteroatoms. The predicted molar refractivity (Wildman–Crippen MR) is 90.9 cm³/mol. The van der Waals surface area contributed by atoms with Crippen molar-refractivity contribution in [3.63, 3.8) is 0 Å². The van der Waals surface area contributed by atoms with E-state index in [9.17, 15) is 13.2 Å². The minimum absolute atomic E-state index is 0.0299. The summed E-state index contributed by atoms with van der Waals surface area (Å²) in [4.78, 5) is 16.9. The molecule has 23 heavy (non-hydrogen) atoms. The topological polar surface area (TPSA) is 63.7 Å². The fourth-order valence-electron chi connectivity index (χ4n) is 3.42. The van der Waals surface area contributed by atoms with Crippen LogP contribution in [0.2, 0.25) is 0 Å². The molecular weight excluding hydrogens is 334 g/mol. The second-order valence-corrected chi connectivity index (χ2v) is 10.2. The van der Waals surface area contributed by atoms with Gasteiger partial charge in [-0.2, -0.15) is 0 Å². The highest BCUT2D eigenvalue weighted by Crippen LogP contribution is 2.27. The molecule has 1 aromatic rings. The van der Waals surface area contributed by atoms with E-state index in [1.807, 2.05) is 19.9 Å². The first-order valence-corrected chi connectivity index (χ1v) is 10.7. The predicted octanol–water partition coefficient (Wildman–Crippen LogP) is 2.17. The number of aryl methyl sites for hydroxylation is 2. The molecule has 1 aromatic heterocycles. The number of carbonyl (C=O) groups excluding carboxylic acids is 1. The van der Waals surface area contributed by atoms with E-state index in [1.165, 1.54) is 0 Å². The second kappa shape index (κ2) is 6.53. The fraction of sp³-hybridized carbons (Fsp3) is 0.688. The van der Waals surface area contributed by atoms with Crippen LogP contribution in [0.4, 0.5) is 0 Å². The largest absolute Gasteiger partial charge is 0.376 e. The van der Waals surface area contributed by atoms with E-state index in [-0.39, 0.29) is 29.6 Å². The molecule has 0 radical (unpaired) electrons. The lowest BCUT2D eigenvalue weighted by Gasteiger charge is -2.30. The third-order valence-electron chi connectivity index (χ3n) is 4.61. The van der Waals surface area contributed by atoms with Crippen molar-refractivity contribution in [3.8, 4) is 0 Å². The van der Waals surface area contributed by atoms with Gasteiger partial charge in [0.25, 0.3) is 5.91 Å². The maximum absolute atomic E-state index is 13.0. The number of ether oxygens (including phenoxy) is 1. The van der Waals surface area contributed by atoms with Gasteiger partial charge >= 0.3 is 0 Å². The van der Waals surface area contributed by atoms with Gasteiger partial charge in [0.1, 0.15) is 0 Å². The van der Waals surface area contributed by atoms with Crippen LogP contribution in [0.3, 0.4) is 0 Å². The molecule has 2 unspecified atom stereocenters. The van der Waals surface area contributed by atoms with Gasteiger partial charge in [0.05, 0.1) is 23.2 Å². The maximum atomic E-state index is 13.0. The van der Waals surface area contributed by atoms with Gasteiger partial charge in [0.2, 0.25) is 0 Å². The summed E-state index contributed by atoms with van der Waals surface area (Å²) in [6.07, 6.45) is 2.50. The van der Waals surface area contributed by atoms with Crippen LogP contribution in [-0.2, 0) is 14.6 Å². The Morgan fingerprint density at radius 2 is 2.17 bits per heavy atom. The summed E-state index contributed by atoms with van der Waals surface area (Å²) in [5.74, 6) is 0.201. The number of sulfone groups is 1. The molecule has 0 N–H and O–H groups in total.